The second-order valence-electron chi connectivity index (χ2n) is 8.06. The summed E-state index contributed by atoms with van der Waals surface area (Å²) in [5, 5.41) is 2.63. The van der Waals surface area contributed by atoms with Gasteiger partial charge in [-0.25, -0.2) is 0 Å². The third-order valence-electron chi connectivity index (χ3n) is 5.07. The summed E-state index contributed by atoms with van der Waals surface area (Å²) in [5.74, 6) is 0.225. The Hall–Kier alpha value is -3.03. The fourth-order valence-corrected chi connectivity index (χ4v) is 3.32. The quantitative estimate of drug-likeness (QED) is 0.711. The van der Waals surface area contributed by atoms with Gasteiger partial charge in [0, 0.05) is 29.9 Å². The minimum absolute atomic E-state index is 0.0941. The second-order valence-corrected chi connectivity index (χ2v) is 8.06. The molecule has 1 aliphatic rings. The van der Waals surface area contributed by atoms with Gasteiger partial charge in [-0.05, 0) is 55.7 Å². The van der Waals surface area contributed by atoms with Crippen LogP contribution in [0.3, 0.4) is 0 Å². The van der Waals surface area contributed by atoms with Crippen molar-refractivity contribution < 1.29 is 27.5 Å². The van der Waals surface area contributed by atoms with Gasteiger partial charge in [-0.15, -0.1) is 0 Å². The van der Waals surface area contributed by atoms with Crippen molar-refractivity contribution >= 4 is 17.5 Å². The topological polar surface area (TPSA) is 58.6 Å². The van der Waals surface area contributed by atoms with E-state index in [0.29, 0.717) is 30.4 Å². The van der Waals surface area contributed by atoms with Gasteiger partial charge in [0.25, 0.3) is 11.8 Å². The zero-order valence-electron chi connectivity index (χ0n) is 17.6. The lowest BCUT2D eigenvalue weighted by atomic mass is 10.1. The predicted molar refractivity (Wildman–Crippen MR) is 111 cm³/mol. The van der Waals surface area contributed by atoms with Crippen LogP contribution in [0.15, 0.2) is 42.5 Å². The smallest absolute Gasteiger partial charge is 0.416 e. The number of nitrogens with zero attached hydrogens (tertiary/aromatic N) is 1. The predicted octanol–water partition coefficient (Wildman–Crippen LogP) is 5.11. The molecule has 1 aliphatic heterocycles. The number of ether oxygens (including phenoxy) is 1. The minimum atomic E-state index is -4.53. The van der Waals surface area contributed by atoms with Gasteiger partial charge in [0.2, 0.25) is 0 Å². The number of halogens is 3. The molecule has 8 heteroatoms. The molecule has 0 saturated carbocycles. The van der Waals surface area contributed by atoms with Crippen LogP contribution in [0, 0.1) is 5.92 Å². The van der Waals surface area contributed by atoms with Crippen molar-refractivity contribution in [2.45, 2.75) is 46.0 Å². The molecular weight excluding hydrogens is 409 g/mol. The van der Waals surface area contributed by atoms with E-state index in [9.17, 15) is 22.8 Å². The Labute approximate surface area is 179 Å². The SMILES string of the molecule is CC(C)CCN1Cc2cc(NC(=O)c3cccc(C(F)(F)F)c3)ccc2OC(C)C1=O. The van der Waals surface area contributed by atoms with Gasteiger partial charge in [0.15, 0.2) is 6.10 Å². The number of nitrogens with one attached hydrogen (secondary N) is 1. The Morgan fingerprint density at radius 1 is 1.23 bits per heavy atom. The molecule has 166 valence electrons. The molecule has 1 heterocycles. The summed E-state index contributed by atoms with van der Waals surface area (Å²) in [6, 6.07) is 9.20. The van der Waals surface area contributed by atoms with E-state index in [0.717, 1.165) is 24.1 Å². The van der Waals surface area contributed by atoms with Crippen LogP contribution < -0.4 is 10.1 Å². The first-order valence-electron chi connectivity index (χ1n) is 10.1. The molecule has 31 heavy (non-hydrogen) atoms. The fourth-order valence-electron chi connectivity index (χ4n) is 3.32. The summed E-state index contributed by atoms with van der Waals surface area (Å²) in [7, 11) is 0. The number of carbonyl (C=O) groups is 2. The first kappa shape index (κ1) is 22.7. The van der Waals surface area contributed by atoms with Gasteiger partial charge in [0.1, 0.15) is 5.75 Å². The zero-order valence-corrected chi connectivity index (χ0v) is 17.6. The summed E-state index contributed by atoms with van der Waals surface area (Å²) in [5.41, 5.74) is 0.158. The lowest BCUT2D eigenvalue weighted by Crippen LogP contribution is -2.38. The fraction of sp³-hybridized carbons (Fsp3) is 0.391. The molecule has 3 rings (SSSR count). The first-order chi connectivity index (χ1) is 14.5. The van der Waals surface area contributed by atoms with Crippen molar-refractivity contribution in [3.8, 4) is 5.75 Å². The van der Waals surface area contributed by atoms with Gasteiger partial charge < -0.3 is 15.0 Å². The van der Waals surface area contributed by atoms with E-state index in [1.165, 1.54) is 12.1 Å². The van der Waals surface area contributed by atoms with Crippen molar-refractivity contribution in [1.29, 1.82) is 0 Å². The third kappa shape index (κ3) is 5.57. The Bertz CT molecular complexity index is 973. The molecule has 0 saturated heterocycles. The molecule has 0 fully saturated rings. The van der Waals surface area contributed by atoms with E-state index in [2.05, 4.69) is 19.2 Å². The van der Waals surface area contributed by atoms with Gasteiger partial charge in [-0.3, -0.25) is 9.59 Å². The summed E-state index contributed by atoms with van der Waals surface area (Å²) < 4.78 is 44.5. The Morgan fingerprint density at radius 3 is 2.65 bits per heavy atom. The lowest BCUT2D eigenvalue weighted by molar-refractivity contribution is -0.138. The molecule has 2 aromatic rings. The first-order valence-corrected chi connectivity index (χ1v) is 10.1. The Balaban J connectivity index is 1.80. The molecule has 0 aromatic heterocycles. The Morgan fingerprint density at radius 2 is 1.97 bits per heavy atom. The second kappa shape index (κ2) is 8.99. The average molecular weight is 434 g/mol. The van der Waals surface area contributed by atoms with Crippen LogP contribution >= 0.6 is 0 Å². The van der Waals surface area contributed by atoms with Crippen LogP contribution in [0.5, 0.6) is 5.75 Å². The van der Waals surface area contributed by atoms with Crippen LogP contribution in [0.4, 0.5) is 18.9 Å². The van der Waals surface area contributed by atoms with Crippen molar-refractivity contribution in [3.63, 3.8) is 0 Å². The molecule has 2 amide bonds. The van der Waals surface area contributed by atoms with Crippen LogP contribution in [-0.2, 0) is 17.5 Å². The molecule has 0 bridgehead atoms. The van der Waals surface area contributed by atoms with E-state index >= 15 is 0 Å². The normalized spacial score (nSPS) is 16.5. The number of hydrogen-bond donors (Lipinski definition) is 1. The molecule has 1 N–H and O–H groups in total. The maximum atomic E-state index is 12.9. The van der Waals surface area contributed by atoms with E-state index in [1.54, 1.807) is 30.0 Å². The molecule has 2 aromatic carbocycles. The monoisotopic (exact) mass is 434 g/mol. The van der Waals surface area contributed by atoms with Gasteiger partial charge in [-0.1, -0.05) is 19.9 Å². The molecule has 0 radical (unpaired) electrons. The molecule has 0 spiro atoms. The van der Waals surface area contributed by atoms with Crippen molar-refractivity contribution in [1.82, 2.24) is 4.90 Å². The highest BCUT2D eigenvalue weighted by atomic mass is 19.4. The number of benzene rings is 2. The standard InChI is InChI=1S/C23H25F3N2O3/c1-14(2)9-10-28-13-17-12-19(7-8-20(17)31-15(3)22(28)30)27-21(29)16-5-4-6-18(11-16)23(24,25)26/h4-8,11-12,14-15H,9-10,13H2,1-3H3,(H,27,29). The minimum Gasteiger partial charge on any atom is -0.481 e. The summed E-state index contributed by atoms with van der Waals surface area (Å²) >= 11 is 0. The van der Waals surface area contributed by atoms with Crippen molar-refractivity contribution in [3.05, 3.63) is 59.2 Å². The highest BCUT2D eigenvalue weighted by molar-refractivity contribution is 6.04. The van der Waals surface area contributed by atoms with Crippen molar-refractivity contribution in [2.75, 3.05) is 11.9 Å². The maximum absolute atomic E-state index is 12.9. The van der Waals surface area contributed by atoms with Crippen molar-refractivity contribution in [2.24, 2.45) is 5.92 Å². The third-order valence-corrected chi connectivity index (χ3v) is 5.07. The lowest BCUT2D eigenvalue weighted by Gasteiger charge is -2.23. The molecule has 5 nitrogen and oxygen atoms in total. The molecule has 0 aliphatic carbocycles. The number of carbonyl (C=O) groups excluding carboxylic acids is 2. The highest BCUT2D eigenvalue weighted by Gasteiger charge is 2.31. The zero-order chi connectivity index (χ0) is 22.8. The van der Waals surface area contributed by atoms with E-state index < -0.39 is 23.8 Å². The largest absolute Gasteiger partial charge is 0.481 e. The molecular formula is C23H25F3N2O3. The van der Waals surface area contributed by atoms with E-state index in [-0.39, 0.29) is 11.5 Å². The van der Waals surface area contributed by atoms with Crippen LogP contribution in [-0.4, -0.2) is 29.4 Å². The number of fused-ring (bicyclic) bond motifs is 1. The number of alkyl halides is 3. The van der Waals surface area contributed by atoms with Crippen LogP contribution in [0.2, 0.25) is 0 Å². The highest BCUT2D eigenvalue weighted by Crippen LogP contribution is 2.31. The summed E-state index contributed by atoms with van der Waals surface area (Å²) in [6.45, 7) is 6.78. The number of anilines is 1. The van der Waals surface area contributed by atoms with Gasteiger partial charge >= 0.3 is 6.18 Å². The number of hydrogen-bond acceptors (Lipinski definition) is 3. The van der Waals surface area contributed by atoms with Crippen LogP contribution in [0.1, 0.15) is 48.7 Å². The number of rotatable bonds is 5. The van der Waals surface area contributed by atoms with Crippen LogP contribution in [0.25, 0.3) is 0 Å². The van der Waals surface area contributed by atoms with Gasteiger partial charge in [-0.2, -0.15) is 13.2 Å². The summed E-state index contributed by atoms with van der Waals surface area (Å²) in [4.78, 5) is 26.9. The Kier molecular flexibility index (Phi) is 6.57. The molecule has 1 unspecified atom stereocenters. The van der Waals surface area contributed by atoms with E-state index in [1.807, 2.05) is 0 Å². The molecule has 1 atom stereocenters. The maximum Gasteiger partial charge on any atom is 0.416 e. The summed E-state index contributed by atoms with van der Waals surface area (Å²) in [6.07, 6.45) is -4.31. The average Bonchev–Trinajstić information content (AvgIpc) is 2.82. The van der Waals surface area contributed by atoms with Gasteiger partial charge in [0.05, 0.1) is 5.56 Å². The number of amides is 2. The van der Waals surface area contributed by atoms with E-state index in [4.69, 9.17) is 4.74 Å².